The molecule has 1 N–H and O–H groups in total. The number of hydrogen-bond donors (Lipinski definition) is 1. The van der Waals surface area contributed by atoms with Gasteiger partial charge in [-0.1, -0.05) is 25.0 Å². The predicted molar refractivity (Wildman–Crippen MR) is 87.3 cm³/mol. The molecule has 0 bridgehead atoms. The molecule has 0 aromatic heterocycles. The maximum atomic E-state index is 11.9. The highest BCUT2D eigenvalue weighted by molar-refractivity contribution is 5.83. The van der Waals surface area contributed by atoms with E-state index in [9.17, 15) is 9.90 Å². The van der Waals surface area contributed by atoms with E-state index in [1.807, 2.05) is 0 Å². The highest BCUT2D eigenvalue weighted by atomic mass is 16.3. The van der Waals surface area contributed by atoms with Crippen LogP contribution in [0.1, 0.15) is 72.1 Å². The number of rotatable bonds is 0. The molecule has 6 atom stereocenters. The summed E-state index contributed by atoms with van der Waals surface area (Å²) in [6.07, 6.45) is 8.44. The number of aliphatic hydroxyl groups is 1. The molecule has 4 rings (SSSR count). The fourth-order valence-electron chi connectivity index (χ4n) is 6.73. The van der Waals surface area contributed by atoms with Crippen LogP contribution in [0.5, 0.6) is 0 Å². The molecule has 4 aliphatic carbocycles. The second-order valence-electron chi connectivity index (χ2n) is 9.06. The molecule has 2 heteroatoms. The van der Waals surface area contributed by atoms with Crippen molar-refractivity contribution in [2.24, 2.45) is 29.1 Å². The highest BCUT2D eigenvalue weighted by Crippen LogP contribution is 2.64. The van der Waals surface area contributed by atoms with Crippen molar-refractivity contribution in [1.82, 2.24) is 0 Å². The SMILES string of the molecule is CC1CC(=O)CC2=C1[C@H]1CC[C@@]3(C)[C@@H](CC[C@]3(C)O)[C@@H]1CC2. The molecule has 0 radical (unpaired) electrons. The number of carbonyl (C=O) groups excluding carboxylic acids is 1. The van der Waals surface area contributed by atoms with Crippen LogP contribution in [-0.2, 0) is 4.79 Å². The van der Waals surface area contributed by atoms with Crippen LogP contribution < -0.4 is 0 Å². The maximum Gasteiger partial charge on any atom is 0.137 e. The third-order valence-corrected chi connectivity index (χ3v) is 8.06. The minimum Gasteiger partial charge on any atom is -0.390 e. The Balaban J connectivity index is 1.69. The van der Waals surface area contributed by atoms with Crippen LogP contribution in [0.4, 0.5) is 0 Å². The molecular formula is C20H30O2. The fourth-order valence-corrected chi connectivity index (χ4v) is 6.73. The molecule has 0 amide bonds. The third kappa shape index (κ3) is 1.85. The molecule has 0 aromatic carbocycles. The van der Waals surface area contributed by atoms with Crippen molar-refractivity contribution in [2.45, 2.75) is 77.7 Å². The average Bonchev–Trinajstić information content (AvgIpc) is 2.68. The molecule has 0 aromatic rings. The Morgan fingerprint density at radius 1 is 1.14 bits per heavy atom. The first-order valence-electron chi connectivity index (χ1n) is 9.29. The van der Waals surface area contributed by atoms with Gasteiger partial charge in [0.1, 0.15) is 5.78 Å². The number of fused-ring (bicyclic) bond motifs is 4. The van der Waals surface area contributed by atoms with Crippen molar-refractivity contribution in [3.8, 4) is 0 Å². The number of carbonyl (C=O) groups is 1. The van der Waals surface area contributed by atoms with Crippen molar-refractivity contribution in [2.75, 3.05) is 0 Å². The largest absolute Gasteiger partial charge is 0.390 e. The van der Waals surface area contributed by atoms with Crippen LogP contribution in [-0.4, -0.2) is 16.5 Å². The molecule has 0 heterocycles. The van der Waals surface area contributed by atoms with Crippen LogP contribution in [0.3, 0.4) is 0 Å². The number of Topliss-reactive ketones (excluding diaryl/α,β-unsaturated/α-hetero) is 1. The van der Waals surface area contributed by atoms with Gasteiger partial charge >= 0.3 is 0 Å². The van der Waals surface area contributed by atoms with Crippen LogP contribution in [0.15, 0.2) is 11.1 Å². The molecule has 1 unspecified atom stereocenters. The van der Waals surface area contributed by atoms with Gasteiger partial charge in [0.15, 0.2) is 0 Å². The van der Waals surface area contributed by atoms with Gasteiger partial charge in [-0.05, 0) is 74.5 Å². The molecule has 0 saturated heterocycles. The molecule has 4 aliphatic rings. The van der Waals surface area contributed by atoms with Crippen LogP contribution >= 0.6 is 0 Å². The van der Waals surface area contributed by atoms with E-state index in [0.717, 1.165) is 38.0 Å². The Labute approximate surface area is 134 Å². The van der Waals surface area contributed by atoms with E-state index < -0.39 is 5.60 Å². The maximum absolute atomic E-state index is 11.9. The summed E-state index contributed by atoms with van der Waals surface area (Å²) in [7, 11) is 0. The number of ketones is 1. The zero-order valence-corrected chi connectivity index (χ0v) is 14.3. The van der Waals surface area contributed by atoms with Crippen molar-refractivity contribution in [1.29, 1.82) is 0 Å². The van der Waals surface area contributed by atoms with Crippen LogP contribution in [0.2, 0.25) is 0 Å². The standard InChI is InChI=1S/C20H30O2/c1-12-10-14(21)11-13-4-5-15-16(18(12)13)6-8-19(2)17(15)7-9-20(19,3)22/h12,15-17,22H,4-11H2,1-3H3/t12?,15-,16+,17+,19+,20+/m1/s1. The lowest BCUT2D eigenvalue weighted by Gasteiger charge is -2.54. The lowest BCUT2D eigenvalue weighted by molar-refractivity contribution is -0.120. The Morgan fingerprint density at radius 3 is 2.68 bits per heavy atom. The molecule has 0 spiro atoms. The quantitative estimate of drug-likeness (QED) is 0.679. The van der Waals surface area contributed by atoms with Crippen molar-refractivity contribution in [3.05, 3.63) is 11.1 Å². The van der Waals surface area contributed by atoms with E-state index in [1.165, 1.54) is 24.8 Å². The Hall–Kier alpha value is -0.630. The molecular weight excluding hydrogens is 272 g/mol. The van der Waals surface area contributed by atoms with Gasteiger partial charge in [0.2, 0.25) is 0 Å². The molecule has 2 saturated carbocycles. The first kappa shape index (κ1) is 14.9. The number of hydrogen-bond acceptors (Lipinski definition) is 2. The first-order valence-corrected chi connectivity index (χ1v) is 9.29. The molecule has 2 nitrogen and oxygen atoms in total. The van der Waals surface area contributed by atoms with E-state index in [1.54, 1.807) is 5.57 Å². The van der Waals surface area contributed by atoms with Gasteiger partial charge in [0, 0.05) is 12.8 Å². The molecule has 0 aliphatic heterocycles. The summed E-state index contributed by atoms with van der Waals surface area (Å²) >= 11 is 0. The van der Waals surface area contributed by atoms with Gasteiger partial charge in [0.25, 0.3) is 0 Å². The zero-order valence-electron chi connectivity index (χ0n) is 14.3. The Morgan fingerprint density at radius 2 is 1.91 bits per heavy atom. The van der Waals surface area contributed by atoms with E-state index in [-0.39, 0.29) is 5.41 Å². The minimum absolute atomic E-state index is 0.111. The monoisotopic (exact) mass is 302 g/mol. The van der Waals surface area contributed by atoms with Gasteiger partial charge in [-0.25, -0.2) is 0 Å². The zero-order chi connectivity index (χ0) is 15.7. The van der Waals surface area contributed by atoms with Crippen molar-refractivity contribution < 1.29 is 9.90 Å². The predicted octanol–water partition coefficient (Wildman–Crippen LogP) is 4.27. The summed E-state index contributed by atoms with van der Waals surface area (Å²) in [6, 6.07) is 0. The van der Waals surface area contributed by atoms with Gasteiger partial charge in [-0.2, -0.15) is 0 Å². The van der Waals surface area contributed by atoms with Crippen LogP contribution in [0.25, 0.3) is 0 Å². The second-order valence-corrected chi connectivity index (χ2v) is 9.06. The lowest BCUT2D eigenvalue weighted by atomic mass is 9.51. The Bertz CT molecular complexity index is 544. The van der Waals surface area contributed by atoms with Gasteiger partial charge < -0.3 is 5.11 Å². The third-order valence-electron chi connectivity index (χ3n) is 8.06. The fraction of sp³-hybridized carbons (Fsp3) is 0.850. The van der Waals surface area contributed by atoms with Crippen LogP contribution in [0, 0.1) is 29.1 Å². The van der Waals surface area contributed by atoms with Crippen molar-refractivity contribution >= 4 is 5.78 Å². The van der Waals surface area contributed by atoms with E-state index in [2.05, 4.69) is 20.8 Å². The minimum atomic E-state index is -0.481. The normalized spacial score (nSPS) is 51.4. The molecule has 2 fully saturated rings. The van der Waals surface area contributed by atoms with Gasteiger partial charge in [0.05, 0.1) is 5.60 Å². The summed E-state index contributed by atoms with van der Waals surface area (Å²) in [5, 5.41) is 10.9. The summed E-state index contributed by atoms with van der Waals surface area (Å²) in [5.41, 5.74) is 2.80. The van der Waals surface area contributed by atoms with E-state index in [4.69, 9.17) is 0 Å². The summed E-state index contributed by atoms with van der Waals surface area (Å²) in [5.74, 6) is 3.06. The first-order chi connectivity index (χ1) is 10.3. The summed E-state index contributed by atoms with van der Waals surface area (Å²) < 4.78 is 0. The second kappa shape index (κ2) is 4.69. The van der Waals surface area contributed by atoms with Crippen molar-refractivity contribution in [3.63, 3.8) is 0 Å². The molecule has 122 valence electrons. The average molecular weight is 302 g/mol. The van der Waals surface area contributed by atoms with E-state index >= 15 is 0 Å². The smallest absolute Gasteiger partial charge is 0.137 e. The lowest BCUT2D eigenvalue weighted by Crippen LogP contribution is -2.50. The summed E-state index contributed by atoms with van der Waals surface area (Å²) in [6.45, 7) is 6.69. The van der Waals surface area contributed by atoms with Gasteiger partial charge in [-0.15, -0.1) is 0 Å². The highest BCUT2D eigenvalue weighted by Gasteiger charge is 2.60. The van der Waals surface area contributed by atoms with E-state index in [0.29, 0.717) is 23.5 Å². The number of allylic oxidation sites excluding steroid dienone is 2. The van der Waals surface area contributed by atoms with Gasteiger partial charge in [-0.3, -0.25) is 4.79 Å². The molecule has 22 heavy (non-hydrogen) atoms. The Kier molecular flexibility index (Phi) is 3.18. The summed E-state index contributed by atoms with van der Waals surface area (Å²) in [4.78, 5) is 11.9. The topological polar surface area (TPSA) is 37.3 Å².